The Kier molecular flexibility index (Phi) is 4.45. The van der Waals surface area contributed by atoms with Crippen molar-refractivity contribution in [3.63, 3.8) is 0 Å². The summed E-state index contributed by atoms with van der Waals surface area (Å²) in [6.45, 7) is 3.99. The second-order valence-electron chi connectivity index (χ2n) is 6.22. The van der Waals surface area contributed by atoms with E-state index >= 15 is 0 Å². The highest BCUT2D eigenvalue weighted by Crippen LogP contribution is 2.32. The molecule has 0 aliphatic carbocycles. The molecule has 3 heterocycles. The van der Waals surface area contributed by atoms with E-state index in [2.05, 4.69) is 5.10 Å². The van der Waals surface area contributed by atoms with Gasteiger partial charge in [0.05, 0.1) is 22.7 Å². The molecule has 0 aliphatic rings. The monoisotopic (exact) mass is 379 g/mol. The topological polar surface area (TPSA) is 80.6 Å². The number of hydrogen-bond acceptors (Lipinski definition) is 6. The van der Waals surface area contributed by atoms with Crippen LogP contribution in [0.2, 0.25) is 0 Å². The summed E-state index contributed by atoms with van der Waals surface area (Å²) in [4.78, 5) is 16.4. The van der Waals surface area contributed by atoms with Crippen LogP contribution in [0.15, 0.2) is 63.1 Å². The van der Waals surface area contributed by atoms with Crippen molar-refractivity contribution < 1.29 is 9.52 Å². The summed E-state index contributed by atoms with van der Waals surface area (Å²) in [5.74, 6) is 0.469. The number of rotatable bonds is 4. The van der Waals surface area contributed by atoms with Crippen LogP contribution in [0.3, 0.4) is 0 Å². The largest absolute Gasteiger partial charge is 0.502 e. The van der Waals surface area contributed by atoms with Gasteiger partial charge in [-0.3, -0.25) is 4.79 Å². The molecule has 27 heavy (non-hydrogen) atoms. The first-order valence-corrected chi connectivity index (χ1v) is 9.37. The van der Waals surface area contributed by atoms with E-state index in [0.717, 1.165) is 34.3 Å². The second-order valence-corrected chi connectivity index (χ2v) is 7.17. The highest BCUT2D eigenvalue weighted by molar-refractivity contribution is 7.98. The molecule has 0 aliphatic heterocycles. The van der Waals surface area contributed by atoms with Crippen molar-refractivity contribution >= 4 is 17.3 Å². The standard InChI is InChI=1S/C20H17N3O3S/c1-12-8-13(2)22-23-19(12)18(14-6-4-3-5-7-14)21-20(23)27-11-15-9-16(24)17(25)10-26-15/h3-10,25H,11H2,1-2H3. The van der Waals surface area contributed by atoms with Crippen molar-refractivity contribution in [2.24, 2.45) is 0 Å². The Bertz CT molecular complexity index is 1180. The van der Waals surface area contributed by atoms with Crippen molar-refractivity contribution in [3.8, 4) is 17.0 Å². The van der Waals surface area contributed by atoms with Crippen LogP contribution in [0.25, 0.3) is 16.8 Å². The minimum atomic E-state index is -0.459. The summed E-state index contributed by atoms with van der Waals surface area (Å²) in [7, 11) is 0. The molecule has 0 atom stereocenters. The number of imidazole rings is 1. The molecule has 0 fully saturated rings. The van der Waals surface area contributed by atoms with Crippen LogP contribution in [-0.4, -0.2) is 19.7 Å². The zero-order valence-electron chi connectivity index (χ0n) is 14.8. The van der Waals surface area contributed by atoms with Crippen LogP contribution in [0.4, 0.5) is 0 Å². The smallest absolute Gasteiger partial charge is 0.226 e. The fraction of sp³-hybridized carbons (Fsp3) is 0.150. The van der Waals surface area contributed by atoms with Crippen molar-refractivity contribution in [2.45, 2.75) is 24.8 Å². The van der Waals surface area contributed by atoms with E-state index in [1.54, 1.807) is 0 Å². The van der Waals surface area contributed by atoms with Gasteiger partial charge in [0, 0.05) is 11.6 Å². The number of fused-ring (bicyclic) bond motifs is 1. The molecule has 7 heteroatoms. The van der Waals surface area contributed by atoms with Gasteiger partial charge in [0.2, 0.25) is 5.43 Å². The van der Waals surface area contributed by atoms with Crippen LogP contribution < -0.4 is 5.43 Å². The predicted octanol–water partition coefficient (Wildman–Crippen LogP) is 3.96. The maximum Gasteiger partial charge on any atom is 0.226 e. The van der Waals surface area contributed by atoms with Gasteiger partial charge >= 0.3 is 0 Å². The lowest BCUT2D eigenvalue weighted by molar-refractivity contribution is 0.419. The molecule has 4 rings (SSSR count). The molecular formula is C20H17N3O3S. The minimum Gasteiger partial charge on any atom is -0.502 e. The van der Waals surface area contributed by atoms with Crippen LogP contribution in [-0.2, 0) is 5.75 Å². The van der Waals surface area contributed by atoms with Crippen LogP contribution in [0, 0.1) is 13.8 Å². The molecule has 1 aromatic carbocycles. The Morgan fingerprint density at radius 1 is 1.19 bits per heavy atom. The van der Waals surface area contributed by atoms with Crippen molar-refractivity contribution in [2.75, 3.05) is 0 Å². The molecule has 0 radical (unpaired) electrons. The quantitative estimate of drug-likeness (QED) is 0.541. The van der Waals surface area contributed by atoms with E-state index in [4.69, 9.17) is 9.40 Å². The predicted molar refractivity (Wildman–Crippen MR) is 104 cm³/mol. The number of aromatic nitrogens is 3. The maximum absolute atomic E-state index is 11.6. The van der Waals surface area contributed by atoms with Gasteiger partial charge in [-0.25, -0.2) is 9.50 Å². The molecule has 6 nitrogen and oxygen atoms in total. The molecule has 3 aromatic heterocycles. The Balaban J connectivity index is 1.78. The van der Waals surface area contributed by atoms with E-state index in [9.17, 15) is 9.90 Å². The molecule has 0 bridgehead atoms. The molecule has 136 valence electrons. The van der Waals surface area contributed by atoms with Gasteiger partial charge in [0.1, 0.15) is 12.0 Å². The minimum absolute atomic E-state index is 0.394. The molecule has 0 amide bonds. The van der Waals surface area contributed by atoms with E-state index < -0.39 is 11.2 Å². The maximum atomic E-state index is 11.6. The SMILES string of the molecule is Cc1cc(C)c2c(-c3ccccc3)nc(SCc3cc(=O)c(O)co3)n2n1. The summed E-state index contributed by atoms with van der Waals surface area (Å²) in [6.07, 6.45) is 1.06. The number of nitrogens with zero attached hydrogens (tertiary/aromatic N) is 3. The van der Waals surface area contributed by atoms with Gasteiger partial charge in [-0.1, -0.05) is 42.1 Å². The molecular weight excluding hydrogens is 362 g/mol. The number of hydrogen-bond donors (Lipinski definition) is 1. The number of aryl methyl sites for hydroxylation is 2. The van der Waals surface area contributed by atoms with Gasteiger partial charge in [-0.15, -0.1) is 0 Å². The summed E-state index contributed by atoms with van der Waals surface area (Å²) in [5, 5.41) is 14.7. The summed E-state index contributed by atoms with van der Waals surface area (Å²) >= 11 is 1.43. The average Bonchev–Trinajstić information content (AvgIpc) is 3.02. The zero-order valence-corrected chi connectivity index (χ0v) is 15.7. The first-order chi connectivity index (χ1) is 13.0. The zero-order chi connectivity index (χ0) is 19.0. The molecule has 0 saturated heterocycles. The third-order valence-corrected chi connectivity index (χ3v) is 5.09. The fourth-order valence-electron chi connectivity index (χ4n) is 2.95. The van der Waals surface area contributed by atoms with Crippen molar-refractivity contribution in [3.05, 3.63) is 76.0 Å². The van der Waals surface area contributed by atoms with Gasteiger partial charge in [-0.2, -0.15) is 5.10 Å². The summed E-state index contributed by atoms with van der Waals surface area (Å²) in [5.41, 5.74) is 4.38. The normalized spacial score (nSPS) is 11.2. The first-order valence-electron chi connectivity index (χ1n) is 8.39. The van der Waals surface area contributed by atoms with Gasteiger partial charge < -0.3 is 9.52 Å². The van der Waals surface area contributed by atoms with Gasteiger partial charge in [0.25, 0.3) is 0 Å². The number of thioether (sulfide) groups is 1. The van der Waals surface area contributed by atoms with E-state index in [1.165, 1.54) is 17.8 Å². The lowest BCUT2D eigenvalue weighted by Gasteiger charge is -2.04. The summed E-state index contributed by atoms with van der Waals surface area (Å²) in [6, 6.07) is 13.3. The second kappa shape index (κ2) is 6.92. The lowest BCUT2D eigenvalue weighted by atomic mass is 10.1. The fourth-order valence-corrected chi connectivity index (χ4v) is 3.79. The Labute approximate surface area is 159 Å². The van der Waals surface area contributed by atoms with Crippen molar-refractivity contribution in [1.82, 2.24) is 14.6 Å². The summed E-state index contributed by atoms with van der Waals surface area (Å²) < 4.78 is 7.13. The number of aromatic hydroxyl groups is 1. The average molecular weight is 379 g/mol. The molecule has 0 saturated carbocycles. The molecule has 0 unspecified atom stereocenters. The van der Waals surface area contributed by atoms with Crippen LogP contribution in [0.5, 0.6) is 5.75 Å². The van der Waals surface area contributed by atoms with Crippen LogP contribution in [0.1, 0.15) is 17.0 Å². The first kappa shape index (κ1) is 17.4. The van der Waals surface area contributed by atoms with E-state index in [1.807, 2.05) is 54.8 Å². The molecule has 1 N–H and O–H groups in total. The highest BCUT2D eigenvalue weighted by atomic mass is 32.2. The Morgan fingerprint density at radius 2 is 1.96 bits per heavy atom. The third kappa shape index (κ3) is 3.33. The molecule has 4 aromatic rings. The molecule has 0 spiro atoms. The van der Waals surface area contributed by atoms with Gasteiger partial charge in [-0.05, 0) is 25.5 Å². The Morgan fingerprint density at radius 3 is 2.70 bits per heavy atom. The lowest BCUT2D eigenvalue weighted by Crippen LogP contribution is -2.00. The third-order valence-electron chi connectivity index (χ3n) is 4.14. The van der Waals surface area contributed by atoms with Gasteiger partial charge in [0.15, 0.2) is 10.9 Å². The van der Waals surface area contributed by atoms with Crippen LogP contribution >= 0.6 is 11.8 Å². The van der Waals surface area contributed by atoms with Crippen molar-refractivity contribution in [1.29, 1.82) is 0 Å². The van der Waals surface area contributed by atoms with E-state index in [0.29, 0.717) is 16.7 Å². The number of benzene rings is 1. The highest BCUT2D eigenvalue weighted by Gasteiger charge is 2.17. The Hall–Kier alpha value is -3.06. The van der Waals surface area contributed by atoms with E-state index in [-0.39, 0.29) is 0 Å².